The van der Waals surface area contributed by atoms with Crippen LogP contribution < -0.4 is 5.46 Å². The van der Waals surface area contributed by atoms with Crippen molar-refractivity contribution in [3.05, 3.63) is 29.1 Å². The van der Waals surface area contributed by atoms with E-state index in [4.69, 9.17) is 10.0 Å². The first-order valence-electron chi connectivity index (χ1n) is 3.65. The third-order valence-electron chi connectivity index (χ3n) is 1.82. The number of rotatable bonds is 1. The minimum atomic E-state index is -1.52. The molecule has 4 heteroatoms. The minimum Gasteiger partial charge on any atom is -0.423 e. The van der Waals surface area contributed by atoms with Gasteiger partial charge >= 0.3 is 7.12 Å². The smallest absolute Gasteiger partial charge is 0.423 e. The molecule has 0 spiro atoms. The van der Waals surface area contributed by atoms with E-state index in [0.717, 1.165) is 0 Å². The molecular weight excluding hydrogens is 158 g/mol. The van der Waals surface area contributed by atoms with E-state index in [2.05, 4.69) is 0 Å². The van der Waals surface area contributed by atoms with Gasteiger partial charge in [-0.2, -0.15) is 0 Å². The number of hydrogen-bond acceptors (Lipinski definition) is 2. The summed E-state index contributed by atoms with van der Waals surface area (Å²) in [5.74, 6) is -0.352. The van der Waals surface area contributed by atoms with Crippen molar-refractivity contribution in [2.75, 3.05) is 0 Å². The second-order valence-corrected chi connectivity index (χ2v) is 2.83. The van der Waals surface area contributed by atoms with Crippen LogP contribution >= 0.6 is 0 Å². The zero-order valence-electron chi connectivity index (χ0n) is 7.00. The Kier molecular flexibility index (Phi) is 2.50. The van der Waals surface area contributed by atoms with E-state index in [1.807, 2.05) is 0 Å². The molecule has 0 heterocycles. The fraction of sp³-hybridized carbons (Fsp3) is 0.250. The van der Waals surface area contributed by atoms with Crippen LogP contribution in [0.5, 0.6) is 0 Å². The summed E-state index contributed by atoms with van der Waals surface area (Å²) in [7, 11) is -1.52. The number of halogens is 1. The lowest BCUT2D eigenvalue weighted by molar-refractivity contribution is 0.425. The molecule has 64 valence electrons. The fourth-order valence-corrected chi connectivity index (χ4v) is 1.33. The van der Waals surface area contributed by atoms with Gasteiger partial charge in [0.15, 0.2) is 0 Å². The molecule has 1 aromatic carbocycles. The van der Waals surface area contributed by atoms with E-state index >= 15 is 0 Å². The first-order valence-corrected chi connectivity index (χ1v) is 3.65. The molecule has 1 rings (SSSR count). The lowest BCUT2D eigenvalue weighted by Gasteiger charge is -2.07. The van der Waals surface area contributed by atoms with E-state index in [-0.39, 0.29) is 5.82 Å². The van der Waals surface area contributed by atoms with E-state index in [1.54, 1.807) is 13.8 Å². The van der Waals surface area contributed by atoms with E-state index in [9.17, 15) is 4.39 Å². The first kappa shape index (κ1) is 9.22. The second-order valence-electron chi connectivity index (χ2n) is 2.83. The van der Waals surface area contributed by atoms with Crippen molar-refractivity contribution >= 4 is 12.6 Å². The van der Waals surface area contributed by atoms with Gasteiger partial charge in [-0.25, -0.2) is 4.39 Å². The topological polar surface area (TPSA) is 40.5 Å². The largest absolute Gasteiger partial charge is 0.488 e. The summed E-state index contributed by atoms with van der Waals surface area (Å²) >= 11 is 0. The summed E-state index contributed by atoms with van der Waals surface area (Å²) in [6, 6.07) is 2.56. The zero-order valence-corrected chi connectivity index (χ0v) is 7.00. The maximum absolute atomic E-state index is 12.7. The monoisotopic (exact) mass is 168 g/mol. The van der Waals surface area contributed by atoms with Crippen molar-refractivity contribution in [3.63, 3.8) is 0 Å². The van der Waals surface area contributed by atoms with Gasteiger partial charge in [0.05, 0.1) is 0 Å². The maximum Gasteiger partial charge on any atom is 0.488 e. The highest BCUT2D eigenvalue weighted by Gasteiger charge is 2.17. The minimum absolute atomic E-state index is 0.352. The quantitative estimate of drug-likeness (QED) is 0.584. The molecule has 0 atom stereocenters. The Morgan fingerprint density at radius 1 is 1.17 bits per heavy atom. The Balaban J connectivity index is 3.28. The lowest BCUT2D eigenvalue weighted by Crippen LogP contribution is -2.34. The van der Waals surface area contributed by atoms with Gasteiger partial charge in [0, 0.05) is 0 Å². The molecule has 0 aromatic heterocycles. The molecular formula is C8H10BFO2. The summed E-state index contributed by atoms with van der Waals surface area (Å²) in [5.41, 5.74) is 1.50. The second kappa shape index (κ2) is 3.25. The molecule has 0 aliphatic carbocycles. The standard InChI is InChI=1S/C8H10BFO2/c1-5-3-7(10)4-6(2)8(5)9(11)12/h3-4,11-12H,1-2H3. The Bertz CT molecular complexity index is 276. The highest BCUT2D eigenvalue weighted by atomic mass is 19.1. The summed E-state index contributed by atoms with van der Waals surface area (Å²) in [4.78, 5) is 0. The Hall–Kier alpha value is -0.865. The molecule has 0 aliphatic rings. The highest BCUT2D eigenvalue weighted by molar-refractivity contribution is 6.59. The van der Waals surface area contributed by atoms with Crippen LogP contribution in [0.4, 0.5) is 4.39 Å². The van der Waals surface area contributed by atoms with Gasteiger partial charge in [0.25, 0.3) is 0 Å². The predicted octanol–water partition coefficient (Wildman–Crippen LogP) is 0.122. The van der Waals surface area contributed by atoms with Gasteiger partial charge in [0.1, 0.15) is 5.82 Å². The van der Waals surface area contributed by atoms with E-state index < -0.39 is 7.12 Å². The molecule has 2 N–H and O–H groups in total. The Morgan fingerprint density at radius 2 is 1.58 bits per heavy atom. The molecule has 0 amide bonds. The zero-order chi connectivity index (χ0) is 9.30. The summed E-state index contributed by atoms with van der Waals surface area (Å²) in [5, 5.41) is 17.8. The molecule has 0 unspecified atom stereocenters. The molecule has 0 fully saturated rings. The predicted molar refractivity (Wildman–Crippen MR) is 45.7 cm³/mol. The van der Waals surface area contributed by atoms with Gasteiger partial charge in [-0.05, 0) is 42.6 Å². The molecule has 0 bridgehead atoms. The van der Waals surface area contributed by atoms with Crippen LogP contribution in [0.3, 0.4) is 0 Å². The molecule has 1 aromatic rings. The average molecular weight is 168 g/mol. The third kappa shape index (κ3) is 1.65. The van der Waals surface area contributed by atoms with Crippen molar-refractivity contribution < 1.29 is 14.4 Å². The summed E-state index contributed by atoms with van der Waals surface area (Å²) in [6.45, 7) is 3.29. The number of hydrogen-bond donors (Lipinski definition) is 2. The van der Waals surface area contributed by atoms with E-state index in [1.165, 1.54) is 12.1 Å². The van der Waals surface area contributed by atoms with Gasteiger partial charge in [-0.15, -0.1) is 0 Å². The van der Waals surface area contributed by atoms with Crippen LogP contribution in [0.15, 0.2) is 12.1 Å². The number of benzene rings is 1. The van der Waals surface area contributed by atoms with Crippen LogP contribution in [-0.2, 0) is 0 Å². The maximum atomic E-state index is 12.7. The van der Waals surface area contributed by atoms with Crippen LogP contribution in [0, 0.1) is 19.7 Å². The SMILES string of the molecule is Cc1cc(F)cc(C)c1B(O)O. The first-order chi connectivity index (χ1) is 5.52. The van der Waals surface area contributed by atoms with Crippen LogP contribution in [-0.4, -0.2) is 17.2 Å². The summed E-state index contributed by atoms with van der Waals surface area (Å²) < 4.78 is 12.7. The van der Waals surface area contributed by atoms with E-state index in [0.29, 0.717) is 16.6 Å². The molecule has 12 heavy (non-hydrogen) atoms. The molecule has 0 aliphatic heterocycles. The molecule has 0 radical (unpaired) electrons. The Labute approximate surface area is 70.8 Å². The van der Waals surface area contributed by atoms with Crippen molar-refractivity contribution in [1.82, 2.24) is 0 Å². The molecule has 2 nitrogen and oxygen atoms in total. The molecule has 0 saturated carbocycles. The van der Waals surface area contributed by atoms with Gasteiger partial charge in [0.2, 0.25) is 0 Å². The molecule has 0 saturated heterocycles. The third-order valence-corrected chi connectivity index (χ3v) is 1.82. The van der Waals surface area contributed by atoms with Gasteiger partial charge < -0.3 is 10.0 Å². The van der Waals surface area contributed by atoms with Crippen LogP contribution in [0.1, 0.15) is 11.1 Å². The average Bonchev–Trinajstić information content (AvgIpc) is 1.82. The number of aryl methyl sites for hydroxylation is 2. The fourth-order valence-electron chi connectivity index (χ4n) is 1.33. The lowest BCUT2D eigenvalue weighted by atomic mass is 9.74. The van der Waals surface area contributed by atoms with Crippen LogP contribution in [0.2, 0.25) is 0 Å². The highest BCUT2D eigenvalue weighted by Crippen LogP contribution is 2.05. The normalized spacial score (nSPS) is 10.1. The summed E-state index contributed by atoms with van der Waals surface area (Å²) in [6.07, 6.45) is 0. The van der Waals surface area contributed by atoms with Gasteiger partial charge in [-0.1, -0.05) is 0 Å². The van der Waals surface area contributed by atoms with Crippen molar-refractivity contribution in [1.29, 1.82) is 0 Å². The Morgan fingerprint density at radius 3 is 1.92 bits per heavy atom. The van der Waals surface area contributed by atoms with Crippen LogP contribution in [0.25, 0.3) is 0 Å². The van der Waals surface area contributed by atoms with Crippen molar-refractivity contribution in [2.45, 2.75) is 13.8 Å². The van der Waals surface area contributed by atoms with Crippen molar-refractivity contribution in [2.24, 2.45) is 0 Å². The van der Waals surface area contributed by atoms with Gasteiger partial charge in [-0.3, -0.25) is 0 Å². The van der Waals surface area contributed by atoms with Crippen molar-refractivity contribution in [3.8, 4) is 0 Å².